The van der Waals surface area contributed by atoms with Gasteiger partial charge in [0.05, 0.1) is 17.9 Å². The van der Waals surface area contributed by atoms with E-state index in [4.69, 9.17) is 5.41 Å². The van der Waals surface area contributed by atoms with Crippen molar-refractivity contribution >= 4 is 24.1 Å². The van der Waals surface area contributed by atoms with Gasteiger partial charge in [-0.1, -0.05) is 24.4 Å². The Hall–Kier alpha value is -0.980. The van der Waals surface area contributed by atoms with Crippen molar-refractivity contribution in [1.29, 1.82) is 5.41 Å². The minimum Gasteiger partial charge on any atom is -0.311 e. The van der Waals surface area contributed by atoms with Gasteiger partial charge in [0.2, 0.25) is 0 Å². The first-order chi connectivity index (χ1) is 7.83. The zero-order valence-electron chi connectivity index (χ0n) is 8.76. The lowest BCUT2D eigenvalue weighted by Crippen LogP contribution is -2.28. The van der Waals surface area contributed by atoms with Crippen molar-refractivity contribution in [2.24, 2.45) is 16.4 Å². The molecule has 0 aliphatic heterocycles. The Morgan fingerprint density at radius 2 is 2.19 bits per heavy atom. The van der Waals surface area contributed by atoms with Crippen LogP contribution in [0.15, 0.2) is 10.5 Å². The Morgan fingerprint density at radius 3 is 2.69 bits per heavy atom. The normalized spacial score (nSPS) is 20.2. The van der Waals surface area contributed by atoms with Crippen molar-refractivity contribution in [2.45, 2.75) is 37.4 Å². The molecular weight excluding hydrogens is 233 g/mol. The first kappa shape index (κ1) is 13.1. The van der Waals surface area contributed by atoms with E-state index in [1.54, 1.807) is 0 Å². The summed E-state index contributed by atoms with van der Waals surface area (Å²) in [6.07, 6.45) is 6.03. The van der Waals surface area contributed by atoms with Gasteiger partial charge in [-0.2, -0.15) is 3.89 Å². The van der Waals surface area contributed by atoms with E-state index in [1.165, 1.54) is 0 Å². The quantitative estimate of drug-likeness (QED) is 0.444. The van der Waals surface area contributed by atoms with Gasteiger partial charge in [-0.05, 0) is 12.8 Å². The zero-order valence-corrected chi connectivity index (χ0v) is 9.58. The van der Waals surface area contributed by atoms with Crippen LogP contribution in [-0.2, 0) is 4.94 Å². The van der Waals surface area contributed by atoms with E-state index in [0.717, 1.165) is 38.3 Å². The highest BCUT2D eigenvalue weighted by molar-refractivity contribution is 7.96. The third-order valence-corrected chi connectivity index (χ3v) is 3.31. The molecule has 1 aliphatic rings. The van der Waals surface area contributed by atoms with Crippen LogP contribution in [0.5, 0.6) is 0 Å². The van der Waals surface area contributed by atoms with Crippen molar-refractivity contribution in [2.75, 3.05) is 0 Å². The summed E-state index contributed by atoms with van der Waals surface area (Å²) in [5.41, 5.74) is 0.404. The molecule has 1 N–H and O–H groups in total. The van der Waals surface area contributed by atoms with Gasteiger partial charge < -0.3 is 5.41 Å². The van der Waals surface area contributed by atoms with Gasteiger partial charge >= 0.3 is 0 Å². The number of rotatable bonds is 6. The summed E-state index contributed by atoms with van der Waals surface area (Å²) in [5.74, 6) is 0.0883. The van der Waals surface area contributed by atoms with Crippen LogP contribution < -0.4 is 0 Å². The fourth-order valence-corrected chi connectivity index (χ4v) is 2.36. The Kier molecular flexibility index (Phi) is 5.99. The zero-order chi connectivity index (χ0) is 11.8. The topological polar surface area (TPSA) is 74.9 Å². The molecule has 1 saturated carbocycles. The van der Waals surface area contributed by atoms with Gasteiger partial charge in [0, 0.05) is 12.1 Å². The van der Waals surface area contributed by atoms with Crippen LogP contribution >= 0.6 is 12.1 Å². The Labute approximate surface area is 97.5 Å². The van der Waals surface area contributed by atoms with Crippen molar-refractivity contribution in [1.82, 2.24) is 0 Å². The number of oxime groups is 1. The average Bonchev–Trinajstić information content (AvgIpc) is 2.35. The SMILES string of the molecule is N=CC(SF)/C(=N\ON=O)C1CCCCC1. The van der Waals surface area contributed by atoms with E-state index >= 15 is 0 Å². The molecule has 7 heteroatoms. The van der Waals surface area contributed by atoms with Crippen molar-refractivity contribution in [3.05, 3.63) is 4.91 Å². The lowest BCUT2D eigenvalue weighted by atomic mass is 9.85. The summed E-state index contributed by atoms with van der Waals surface area (Å²) in [7, 11) is 0. The second kappa shape index (κ2) is 7.32. The molecule has 16 heavy (non-hydrogen) atoms. The molecule has 1 rings (SSSR count). The van der Waals surface area contributed by atoms with E-state index in [1.807, 2.05) is 0 Å². The first-order valence-electron chi connectivity index (χ1n) is 5.18. The van der Waals surface area contributed by atoms with Crippen LogP contribution in [0.2, 0.25) is 0 Å². The number of hydrogen-bond acceptors (Lipinski definition) is 6. The highest BCUT2D eigenvalue weighted by Crippen LogP contribution is 2.29. The molecule has 1 unspecified atom stereocenters. The first-order valence-corrected chi connectivity index (χ1v) is 5.96. The number of hydrogen-bond donors (Lipinski definition) is 1. The highest BCUT2D eigenvalue weighted by atomic mass is 32.2. The molecule has 0 aromatic carbocycles. The van der Waals surface area contributed by atoms with Gasteiger partial charge in [0.25, 0.3) is 0 Å². The third kappa shape index (κ3) is 3.55. The molecule has 1 atom stereocenters. The van der Waals surface area contributed by atoms with Gasteiger partial charge in [0.1, 0.15) is 5.25 Å². The van der Waals surface area contributed by atoms with E-state index in [-0.39, 0.29) is 18.1 Å². The van der Waals surface area contributed by atoms with Crippen LogP contribution in [0.25, 0.3) is 0 Å². The highest BCUT2D eigenvalue weighted by Gasteiger charge is 2.27. The summed E-state index contributed by atoms with van der Waals surface area (Å²) >= 11 is 0.0246. The lowest BCUT2D eigenvalue weighted by Gasteiger charge is -2.24. The Morgan fingerprint density at radius 1 is 1.50 bits per heavy atom. The van der Waals surface area contributed by atoms with E-state index in [9.17, 15) is 8.79 Å². The molecule has 0 radical (unpaired) electrons. The minimum absolute atomic E-state index is 0.0246. The maximum atomic E-state index is 12.6. The molecule has 0 aromatic rings. The predicted octanol–water partition coefficient (Wildman–Crippen LogP) is 3.26. The average molecular weight is 247 g/mol. The van der Waals surface area contributed by atoms with Crippen molar-refractivity contribution in [3.63, 3.8) is 0 Å². The molecule has 90 valence electrons. The minimum atomic E-state index is -0.773. The van der Waals surface area contributed by atoms with Crippen LogP contribution in [-0.4, -0.2) is 17.2 Å². The molecule has 1 aliphatic carbocycles. The standard InChI is InChI=1S/C9H14FN3O2S/c10-16-8(6-11)9(12-15-13-14)7-4-2-1-3-5-7/h6-8,11H,1-5H2/b11-6?,12-9-. The summed E-state index contributed by atoms with van der Waals surface area (Å²) in [5, 5.41) is 12.1. The number of nitrogens with one attached hydrogen (secondary N) is 1. The second-order valence-electron chi connectivity index (χ2n) is 3.68. The summed E-state index contributed by atoms with van der Waals surface area (Å²) in [6.45, 7) is 0. The third-order valence-electron chi connectivity index (χ3n) is 2.74. The molecule has 5 nitrogen and oxygen atoms in total. The van der Waals surface area contributed by atoms with Crippen LogP contribution in [0.1, 0.15) is 32.1 Å². The summed E-state index contributed by atoms with van der Waals surface area (Å²) in [4.78, 5) is 14.0. The van der Waals surface area contributed by atoms with Gasteiger partial charge in [0.15, 0.2) is 5.34 Å². The van der Waals surface area contributed by atoms with Crippen molar-refractivity contribution in [3.8, 4) is 0 Å². The van der Waals surface area contributed by atoms with E-state index in [0.29, 0.717) is 5.71 Å². The van der Waals surface area contributed by atoms with Crippen molar-refractivity contribution < 1.29 is 8.82 Å². The summed E-state index contributed by atoms with van der Waals surface area (Å²) < 4.78 is 12.6. The van der Waals surface area contributed by atoms with Crippen LogP contribution in [0.4, 0.5) is 3.89 Å². The fraction of sp³-hybridized carbons (Fsp3) is 0.778. The van der Waals surface area contributed by atoms with Gasteiger partial charge in [-0.25, -0.2) is 4.94 Å². The van der Waals surface area contributed by atoms with E-state index in [2.05, 4.69) is 15.4 Å². The maximum absolute atomic E-state index is 12.6. The molecule has 0 spiro atoms. The van der Waals surface area contributed by atoms with E-state index < -0.39 is 5.25 Å². The molecule has 1 fully saturated rings. The van der Waals surface area contributed by atoms with Crippen LogP contribution in [0, 0.1) is 16.2 Å². The largest absolute Gasteiger partial charge is 0.311 e. The molecule has 0 amide bonds. The Balaban J connectivity index is 2.75. The van der Waals surface area contributed by atoms with Crippen LogP contribution in [0.3, 0.4) is 0 Å². The lowest BCUT2D eigenvalue weighted by molar-refractivity contribution is 0.147. The predicted molar refractivity (Wildman–Crippen MR) is 62.2 cm³/mol. The Bertz CT molecular complexity index is 269. The number of halogens is 1. The monoisotopic (exact) mass is 247 g/mol. The smallest absolute Gasteiger partial charge is 0.184 e. The second-order valence-corrected chi connectivity index (χ2v) is 4.37. The molecule has 0 saturated heterocycles. The fourth-order valence-electron chi connectivity index (χ4n) is 1.98. The molecule has 0 bridgehead atoms. The number of nitrogens with zero attached hydrogens (tertiary/aromatic N) is 2. The van der Waals surface area contributed by atoms with Gasteiger partial charge in [-0.15, -0.1) is 4.91 Å². The molecule has 0 aromatic heterocycles. The summed E-state index contributed by atoms with van der Waals surface area (Å²) in [6, 6.07) is 0. The molecular formula is C9H14FN3O2S. The van der Waals surface area contributed by atoms with Gasteiger partial charge in [-0.3, -0.25) is 0 Å². The maximum Gasteiger partial charge on any atom is 0.184 e. The molecule has 0 heterocycles.